The van der Waals surface area contributed by atoms with Crippen LogP contribution in [-0.4, -0.2) is 11.3 Å². The molecule has 0 aliphatic rings. The molecule has 0 bridgehead atoms. The minimum absolute atomic E-state index is 0.0207. The quantitative estimate of drug-likeness (QED) is 0.616. The van der Waals surface area contributed by atoms with Gasteiger partial charge in [-0.05, 0) is 18.2 Å². The molecule has 0 spiro atoms. The molecule has 2 rings (SSSR count). The fourth-order valence-electron chi connectivity index (χ4n) is 1.40. The van der Waals surface area contributed by atoms with Gasteiger partial charge in [0.1, 0.15) is 16.5 Å². The third-order valence-electron chi connectivity index (χ3n) is 2.16. The van der Waals surface area contributed by atoms with Gasteiger partial charge < -0.3 is 0 Å². The van der Waals surface area contributed by atoms with E-state index in [1.54, 1.807) is 0 Å². The van der Waals surface area contributed by atoms with Crippen molar-refractivity contribution >= 4 is 17.6 Å². The van der Waals surface area contributed by atoms with Crippen LogP contribution in [0.4, 0.5) is 17.6 Å². The third-order valence-corrected chi connectivity index (χ3v) is 3.05. The van der Waals surface area contributed by atoms with Gasteiger partial charge in [-0.25, -0.2) is 9.37 Å². The summed E-state index contributed by atoms with van der Waals surface area (Å²) in [6, 6.07) is 2.16. The van der Waals surface area contributed by atoms with Crippen molar-refractivity contribution < 1.29 is 22.4 Å². The highest BCUT2D eigenvalue weighted by molar-refractivity contribution is 7.13. The number of aldehydes is 1. The number of aromatic nitrogens is 1. The van der Waals surface area contributed by atoms with Crippen molar-refractivity contribution in [2.75, 3.05) is 0 Å². The zero-order valence-electron chi connectivity index (χ0n) is 8.66. The van der Waals surface area contributed by atoms with Gasteiger partial charge >= 0.3 is 6.18 Å². The van der Waals surface area contributed by atoms with E-state index in [0.29, 0.717) is 12.4 Å². The van der Waals surface area contributed by atoms with Gasteiger partial charge in [0.05, 0.1) is 5.56 Å². The van der Waals surface area contributed by atoms with E-state index in [1.165, 1.54) is 5.38 Å². The van der Waals surface area contributed by atoms with Gasteiger partial charge in [-0.1, -0.05) is 0 Å². The van der Waals surface area contributed by atoms with Crippen LogP contribution in [0.25, 0.3) is 10.6 Å². The average Bonchev–Trinajstić information content (AvgIpc) is 2.75. The molecule has 1 heterocycles. The maximum atomic E-state index is 13.0. The Bertz CT molecular complexity index is 591. The van der Waals surface area contributed by atoms with E-state index >= 15 is 0 Å². The van der Waals surface area contributed by atoms with Crippen LogP contribution < -0.4 is 0 Å². The smallest absolute Gasteiger partial charge is 0.296 e. The molecule has 0 saturated carbocycles. The van der Waals surface area contributed by atoms with E-state index in [-0.39, 0.29) is 16.3 Å². The zero-order valence-corrected chi connectivity index (χ0v) is 9.48. The first kappa shape index (κ1) is 12.7. The largest absolute Gasteiger partial charge is 0.417 e. The molecule has 2 aromatic rings. The molecule has 0 aliphatic carbocycles. The second-order valence-corrected chi connectivity index (χ2v) is 4.24. The van der Waals surface area contributed by atoms with Crippen molar-refractivity contribution in [1.82, 2.24) is 4.98 Å². The van der Waals surface area contributed by atoms with Gasteiger partial charge in [0.2, 0.25) is 0 Å². The van der Waals surface area contributed by atoms with Crippen LogP contribution in [0.2, 0.25) is 0 Å². The highest BCUT2D eigenvalue weighted by Crippen LogP contribution is 2.38. The highest BCUT2D eigenvalue weighted by Gasteiger charge is 2.34. The minimum atomic E-state index is -4.60. The number of benzene rings is 1. The van der Waals surface area contributed by atoms with Gasteiger partial charge in [0, 0.05) is 10.9 Å². The number of carbonyl (C=O) groups is 1. The highest BCUT2D eigenvalue weighted by atomic mass is 32.1. The first-order valence-corrected chi connectivity index (χ1v) is 5.57. The summed E-state index contributed by atoms with van der Waals surface area (Å²) in [6.07, 6.45) is -4.18. The van der Waals surface area contributed by atoms with Gasteiger partial charge in [-0.15, -0.1) is 11.3 Å². The van der Waals surface area contributed by atoms with Crippen LogP contribution in [0.1, 0.15) is 16.1 Å². The molecule has 0 aliphatic heterocycles. The zero-order chi connectivity index (χ0) is 13.3. The lowest BCUT2D eigenvalue weighted by molar-refractivity contribution is -0.137. The number of thiazole rings is 1. The molecule has 0 radical (unpaired) electrons. The molecule has 0 atom stereocenters. The van der Waals surface area contributed by atoms with Crippen molar-refractivity contribution in [3.63, 3.8) is 0 Å². The monoisotopic (exact) mass is 275 g/mol. The fraction of sp³-hybridized carbons (Fsp3) is 0.0909. The SMILES string of the molecule is O=Cc1csc(-c2cc(F)ccc2C(F)(F)F)n1. The van der Waals surface area contributed by atoms with Crippen molar-refractivity contribution in [2.24, 2.45) is 0 Å². The Morgan fingerprint density at radius 2 is 2.00 bits per heavy atom. The molecule has 1 aromatic carbocycles. The van der Waals surface area contributed by atoms with Crippen molar-refractivity contribution in [3.05, 3.63) is 40.7 Å². The Balaban J connectivity index is 2.61. The van der Waals surface area contributed by atoms with E-state index in [4.69, 9.17) is 0 Å². The maximum Gasteiger partial charge on any atom is 0.417 e. The summed E-state index contributed by atoms with van der Waals surface area (Å²) < 4.78 is 51.3. The number of hydrogen-bond donors (Lipinski definition) is 0. The van der Waals surface area contributed by atoms with E-state index in [0.717, 1.165) is 23.5 Å². The summed E-state index contributed by atoms with van der Waals surface area (Å²) in [4.78, 5) is 14.1. The van der Waals surface area contributed by atoms with Crippen molar-refractivity contribution in [2.45, 2.75) is 6.18 Å². The third kappa shape index (κ3) is 2.40. The number of alkyl halides is 3. The number of rotatable bonds is 2. The molecule has 94 valence electrons. The fourth-order valence-corrected chi connectivity index (χ4v) is 2.20. The predicted octanol–water partition coefficient (Wildman–Crippen LogP) is 3.78. The van der Waals surface area contributed by atoms with Crippen LogP contribution in [0, 0.1) is 5.82 Å². The van der Waals surface area contributed by atoms with E-state index in [2.05, 4.69) is 4.98 Å². The molecule has 1 aromatic heterocycles. The van der Waals surface area contributed by atoms with Crippen LogP contribution in [0.3, 0.4) is 0 Å². The van der Waals surface area contributed by atoms with E-state index < -0.39 is 17.6 Å². The Hall–Kier alpha value is -1.76. The molecule has 2 nitrogen and oxygen atoms in total. The Morgan fingerprint density at radius 3 is 2.56 bits per heavy atom. The molecular weight excluding hydrogens is 270 g/mol. The summed E-state index contributed by atoms with van der Waals surface area (Å²) in [6.45, 7) is 0. The standard InChI is InChI=1S/C11H5F4NOS/c12-6-1-2-9(11(13,14)15)8(3-6)10-16-7(4-17)5-18-10/h1-5H. The van der Waals surface area contributed by atoms with Gasteiger partial charge in [-0.3, -0.25) is 4.79 Å². The summed E-state index contributed by atoms with van der Waals surface area (Å²) in [7, 11) is 0. The Morgan fingerprint density at radius 1 is 1.28 bits per heavy atom. The minimum Gasteiger partial charge on any atom is -0.296 e. The summed E-state index contributed by atoms with van der Waals surface area (Å²) in [5.41, 5.74) is -1.32. The Labute approximate surface area is 103 Å². The van der Waals surface area contributed by atoms with Crippen LogP contribution in [-0.2, 0) is 6.18 Å². The topological polar surface area (TPSA) is 30.0 Å². The van der Waals surface area contributed by atoms with Gasteiger partial charge in [-0.2, -0.15) is 13.2 Å². The predicted molar refractivity (Wildman–Crippen MR) is 57.9 cm³/mol. The van der Waals surface area contributed by atoms with Gasteiger partial charge in [0.15, 0.2) is 6.29 Å². The molecule has 7 heteroatoms. The number of halogens is 4. The van der Waals surface area contributed by atoms with Crippen molar-refractivity contribution in [1.29, 1.82) is 0 Å². The lowest BCUT2D eigenvalue weighted by Gasteiger charge is -2.10. The number of hydrogen-bond acceptors (Lipinski definition) is 3. The molecule has 0 saturated heterocycles. The van der Waals surface area contributed by atoms with E-state index in [1.807, 2.05) is 0 Å². The van der Waals surface area contributed by atoms with Crippen LogP contribution >= 0.6 is 11.3 Å². The maximum absolute atomic E-state index is 13.0. The van der Waals surface area contributed by atoms with Crippen molar-refractivity contribution in [3.8, 4) is 10.6 Å². The average molecular weight is 275 g/mol. The molecule has 0 amide bonds. The Kier molecular flexibility index (Phi) is 3.16. The lowest BCUT2D eigenvalue weighted by Crippen LogP contribution is -2.07. The number of nitrogens with zero attached hydrogens (tertiary/aromatic N) is 1. The lowest BCUT2D eigenvalue weighted by atomic mass is 10.1. The second kappa shape index (κ2) is 4.49. The first-order valence-electron chi connectivity index (χ1n) is 4.69. The molecular formula is C11H5F4NOS. The van der Waals surface area contributed by atoms with Crippen LogP contribution in [0.15, 0.2) is 23.6 Å². The summed E-state index contributed by atoms with van der Waals surface area (Å²) >= 11 is 0.857. The van der Waals surface area contributed by atoms with Gasteiger partial charge in [0.25, 0.3) is 0 Å². The van der Waals surface area contributed by atoms with E-state index in [9.17, 15) is 22.4 Å². The number of carbonyl (C=O) groups excluding carboxylic acids is 1. The molecule has 18 heavy (non-hydrogen) atoms. The molecule has 0 unspecified atom stereocenters. The summed E-state index contributed by atoms with van der Waals surface area (Å²) in [5.74, 6) is -0.791. The summed E-state index contributed by atoms with van der Waals surface area (Å²) in [5, 5.41) is 1.27. The van der Waals surface area contributed by atoms with Crippen LogP contribution in [0.5, 0.6) is 0 Å². The molecule has 0 fully saturated rings. The molecule has 0 N–H and O–H groups in total. The second-order valence-electron chi connectivity index (χ2n) is 3.38. The normalized spacial score (nSPS) is 11.6. The first-order chi connectivity index (χ1) is 8.41.